The summed E-state index contributed by atoms with van der Waals surface area (Å²) in [6.07, 6.45) is 0. The SMILES string of the molecule is Cc1ccc([Si]2(c3ccc(C)cc3)c3ccccc3-c3ccc(-c4nc(-c5ccccc5)nc(-c5ccc(-c6ccccc6)cc5-c5ccccc5)n4)cc32)cc1. The number of fused-ring (bicyclic) bond motifs is 3. The summed E-state index contributed by atoms with van der Waals surface area (Å²) in [6, 6.07) is 72.4. The maximum absolute atomic E-state index is 5.37. The number of aromatic nitrogens is 3. The Balaban J connectivity index is 1.22. The van der Waals surface area contributed by atoms with E-state index in [0.29, 0.717) is 17.5 Å². The molecular weight excluding hydrogens is 707 g/mol. The standard InChI is InChI=1S/C53H39N3Si/c1-36-22-28-43(29-23-36)57(44-30-24-37(2)25-31-44)49-21-13-12-20-45(49)46-32-27-42(35-50(46)57)52-54-51(40-18-10-5-11-19-40)55-53(56-52)47-33-26-41(38-14-6-3-7-15-38)34-48(47)39-16-8-4-9-17-39/h3-35H,1-2H3. The molecule has 1 aliphatic rings. The molecule has 0 spiro atoms. The quantitative estimate of drug-likeness (QED) is 0.153. The minimum atomic E-state index is -2.75. The van der Waals surface area contributed by atoms with Crippen LogP contribution in [0.25, 0.3) is 67.5 Å². The van der Waals surface area contributed by atoms with Crippen molar-refractivity contribution in [3.05, 3.63) is 211 Å². The van der Waals surface area contributed by atoms with Gasteiger partial charge in [-0.2, -0.15) is 0 Å². The van der Waals surface area contributed by atoms with Crippen LogP contribution in [0.15, 0.2) is 200 Å². The van der Waals surface area contributed by atoms with Crippen LogP contribution in [-0.4, -0.2) is 23.0 Å². The molecule has 0 atom stereocenters. The molecule has 1 aliphatic heterocycles. The molecule has 0 aliphatic carbocycles. The van der Waals surface area contributed by atoms with E-state index in [1.807, 2.05) is 18.2 Å². The Morgan fingerprint density at radius 3 is 1.40 bits per heavy atom. The van der Waals surface area contributed by atoms with E-state index in [0.717, 1.165) is 38.9 Å². The van der Waals surface area contributed by atoms with Gasteiger partial charge in [0.15, 0.2) is 25.5 Å². The van der Waals surface area contributed by atoms with Crippen LogP contribution in [0.4, 0.5) is 0 Å². The van der Waals surface area contributed by atoms with Crippen molar-refractivity contribution in [1.82, 2.24) is 15.0 Å². The van der Waals surface area contributed by atoms with Gasteiger partial charge in [-0.3, -0.25) is 0 Å². The molecule has 0 N–H and O–H groups in total. The molecule has 2 heterocycles. The van der Waals surface area contributed by atoms with Gasteiger partial charge in [0.25, 0.3) is 0 Å². The van der Waals surface area contributed by atoms with Crippen LogP contribution < -0.4 is 20.7 Å². The Bertz CT molecular complexity index is 2840. The molecule has 8 aromatic carbocycles. The van der Waals surface area contributed by atoms with Crippen molar-refractivity contribution < 1.29 is 0 Å². The highest BCUT2D eigenvalue weighted by Gasteiger charge is 2.48. The summed E-state index contributed by atoms with van der Waals surface area (Å²) in [4.78, 5) is 15.8. The molecule has 4 heteroatoms. The van der Waals surface area contributed by atoms with Gasteiger partial charge in [-0.25, -0.2) is 15.0 Å². The average molecular weight is 746 g/mol. The second kappa shape index (κ2) is 14.2. The van der Waals surface area contributed by atoms with Crippen molar-refractivity contribution in [2.75, 3.05) is 0 Å². The minimum absolute atomic E-state index is 0.640. The molecule has 0 saturated carbocycles. The molecule has 57 heavy (non-hydrogen) atoms. The highest BCUT2D eigenvalue weighted by atomic mass is 28.3. The number of rotatable bonds is 7. The Morgan fingerprint density at radius 2 is 0.772 bits per heavy atom. The Kier molecular flexibility index (Phi) is 8.62. The molecule has 0 saturated heterocycles. The highest BCUT2D eigenvalue weighted by Crippen LogP contribution is 2.37. The maximum Gasteiger partial charge on any atom is 0.180 e. The molecular formula is C53H39N3Si. The Labute approximate surface area is 335 Å². The lowest BCUT2D eigenvalue weighted by molar-refractivity contribution is 1.07. The molecule has 0 radical (unpaired) electrons. The lowest BCUT2D eigenvalue weighted by Crippen LogP contribution is -2.72. The normalized spacial score (nSPS) is 12.5. The zero-order valence-corrected chi connectivity index (χ0v) is 32.9. The van der Waals surface area contributed by atoms with Crippen LogP contribution in [0.5, 0.6) is 0 Å². The van der Waals surface area contributed by atoms with Crippen LogP contribution in [0, 0.1) is 13.8 Å². The first kappa shape index (κ1) is 34.5. The summed E-state index contributed by atoms with van der Waals surface area (Å²) in [5, 5.41) is 5.51. The molecule has 1 aromatic heterocycles. The van der Waals surface area contributed by atoms with Crippen LogP contribution in [0.3, 0.4) is 0 Å². The summed E-state index contributed by atoms with van der Waals surface area (Å²) in [6.45, 7) is 4.33. The van der Waals surface area contributed by atoms with E-state index >= 15 is 0 Å². The van der Waals surface area contributed by atoms with Gasteiger partial charge < -0.3 is 0 Å². The van der Waals surface area contributed by atoms with E-state index in [9.17, 15) is 0 Å². The first-order valence-electron chi connectivity index (χ1n) is 19.5. The van der Waals surface area contributed by atoms with E-state index < -0.39 is 8.07 Å². The first-order valence-corrected chi connectivity index (χ1v) is 21.5. The van der Waals surface area contributed by atoms with E-state index in [-0.39, 0.29) is 0 Å². The Morgan fingerprint density at radius 1 is 0.298 bits per heavy atom. The third-order valence-electron chi connectivity index (χ3n) is 11.4. The van der Waals surface area contributed by atoms with E-state index in [1.54, 1.807) is 0 Å². The molecule has 0 unspecified atom stereocenters. The van der Waals surface area contributed by atoms with Gasteiger partial charge in [0.05, 0.1) is 0 Å². The van der Waals surface area contributed by atoms with Gasteiger partial charge in [-0.05, 0) is 80.1 Å². The number of nitrogens with zero attached hydrogens (tertiary/aromatic N) is 3. The van der Waals surface area contributed by atoms with Gasteiger partial charge >= 0.3 is 0 Å². The number of aryl methyl sites for hydroxylation is 2. The molecule has 9 aromatic rings. The predicted octanol–water partition coefficient (Wildman–Crippen LogP) is 10.2. The summed E-state index contributed by atoms with van der Waals surface area (Å²) in [5.74, 6) is 1.94. The van der Waals surface area contributed by atoms with Gasteiger partial charge in [0.1, 0.15) is 0 Å². The third kappa shape index (κ3) is 6.02. The number of hydrogen-bond acceptors (Lipinski definition) is 3. The lowest BCUT2D eigenvalue weighted by atomic mass is 9.94. The lowest BCUT2D eigenvalue weighted by Gasteiger charge is -2.31. The average Bonchev–Trinajstić information content (AvgIpc) is 3.58. The largest absolute Gasteiger partial charge is 0.208 e. The monoisotopic (exact) mass is 745 g/mol. The van der Waals surface area contributed by atoms with Crippen LogP contribution in [0.2, 0.25) is 0 Å². The highest BCUT2D eigenvalue weighted by molar-refractivity contribution is 7.22. The second-order valence-electron chi connectivity index (χ2n) is 15.0. The van der Waals surface area contributed by atoms with Crippen molar-refractivity contribution in [1.29, 1.82) is 0 Å². The zero-order chi connectivity index (χ0) is 38.3. The van der Waals surface area contributed by atoms with E-state index in [1.165, 1.54) is 43.0 Å². The first-order chi connectivity index (χ1) is 28.1. The fraction of sp³-hybridized carbons (Fsp3) is 0.0377. The summed E-state index contributed by atoms with van der Waals surface area (Å²) >= 11 is 0. The minimum Gasteiger partial charge on any atom is -0.208 e. The van der Waals surface area contributed by atoms with Crippen molar-refractivity contribution in [3.8, 4) is 67.5 Å². The summed E-state index contributed by atoms with van der Waals surface area (Å²) in [7, 11) is -2.75. The van der Waals surface area contributed by atoms with Crippen molar-refractivity contribution in [3.63, 3.8) is 0 Å². The number of hydrogen-bond donors (Lipinski definition) is 0. The molecule has 270 valence electrons. The fourth-order valence-corrected chi connectivity index (χ4v) is 13.7. The summed E-state index contributed by atoms with van der Waals surface area (Å²) < 4.78 is 0. The predicted molar refractivity (Wildman–Crippen MR) is 239 cm³/mol. The van der Waals surface area contributed by atoms with Gasteiger partial charge in [-0.15, -0.1) is 0 Å². The van der Waals surface area contributed by atoms with Crippen LogP contribution >= 0.6 is 0 Å². The van der Waals surface area contributed by atoms with Crippen molar-refractivity contribution in [2.45, 2.75) is 13.8 Å². The van der Waals surface area contributed by atoms with Crippen LogP contribution in [0.1, 0.15) is 11.1 Å². The van der Waals surface area contributed by atoms with E-state index in [4.69, 9.17) is 15.0 Å². The fourth-order valence-electron chi connectivity index (χ4n) is 8.56. The summed E-state index contributed by atoms with van der Waals surface area (Å²) in [5.41, 5.74) is 12.5. The topological polar surface area (TPSA) is 38.7 Å². The molecule has 3 nitrogen and oxygen atoms in total. The molecule has 0 bridgehead atoms. The van der Waals surface area contributed by atoms with Crippen molar-refractivity contribution in [2.24, 2.45) is 0 Å². The molecule has 10 rings (SSSR count). The van der Waals surface area contributed by atoms with Crippen LogP contribution in [-0.2, 0) is 0 Å². The smallest absolute Gasteiger partial charge is 0.180 e. The van der Waals surface area contributed by atoms with Crippen molar-refractivity contribution >= 4 is 28.8 Å². The second-order valence-corrected chi connectivity index (χ2v) is 18.7. The Hall–Kier alpha value is -7.01. The number of benzene rings is 8. The third-order valence-corrected chi connectivity index (χ3v) is 16.3. The molecule has 0 fully saturated rings. The van der Waals surface area contributed by atoms with Gasteiger partial charge in [0.2, 0.25) is 0 Å². The van der Waals surface area contributed by atoms with Gasteiger partial charge in [0, 0.05) is 16.7 Å². The molecule has 0 amide bonds. The zero-order valence-electron chi connectivity index (χ0n) is 31.9. The van der Waals surface area contributed by atoms with Gasteiger partial charge in [-0.1, -0.05) is 199 Å². The maximum atomic E-state index is 5.37. The van der Waals surface area contributed by atoms with E-state index in [2.05, 4.69) is 196 Å².